The molecule has 1 rings (SSSR count). The zero-order valence-electron chi connectivity index (χ0n) is 11.2. The van der Waals surface area contributed by atoms with E-state index in [1.807, 2.05) is 12.1 Å². The summed E-state index contributed by atoms with van der Waals surface area (Å²) in [5.41, 5.74) is 6.62. The minimum absolute atomic E-state index is 0.713. The third kappa shape index (κ3) is 4.15. The first-order chi connectivity index (χ1) is 8.62. The highest BCUT2D eigenvalue weighted by Crippen LogP contribution is 2.33. The summed E-state index contributed by atoms with van der Waals surface area (Å²) in [5.74, 6) is 1.68. The van der Waals surface area contributed by atoms with Crippen LogP contribution >= 0.6 is 15.9 Å². The molecule has 0 atom stereocenters. The van der Waals surface area contributed by atoms with E-state index in [2.05, 4.69) is 27.9 Å². The summed E-state index contributed by atoms with van der Waals surface area (Å²) in [6.07, 6.45) is 0.993. The number of ether oxygens (including phenoxy) is 2. The number of halogens is 1. The Bertz CT molecular complexity index is 385. The summed E-state index contributed by atoms with van der Waals surface area (Å²) >= 11 is 3.46. The van der Waals surface area contributed by atoms with Crippen molar-refractivity contribution in [2.75, 3.05) is 34.4 Å². The van der Waals surface area contributed by atoms with Gasteiger partial charge in [-0.25, -0.2) is 0 Å². The SMILES string of the molecule is COc1cc(CN(C)CCCN)c(OC)cc1Br. The predicted molar refractivity (Wildman–Crippen MR) is 77.3 cm³/mol. The molecule has 0 bridgehead atoms. The molecule has 2 N–H and O–H groups in total. The van der Waals surface area contributed by atoms with Gasteiger partial charge in [-0.1, -0.05) is 0 Å². The van der Waals surface area contributed by atoms with Crippen molar-refractivity contribution in [3.05, 3.63) is 22.2 Å². The zero-order chi connectivity index (χ0) is 13.5. The molecular weight excluding hydrogens is 296 g/mol. The van der Waals surface area contributed by atoms with Crippen molar-refractivity contribution < 1.29 is 9.47 Å². The van der Waals surface area contributed by atoms with E-state index < -0.39 is 0 Å². The maximum atomic E-state index is 5.51. The van der Waals surface area contributed by atoms with Gasteiger partial charge in [0.25, 0.3) is 0 Å². The number of hydrogen-bond acceptors (Lipinski definition) is 4. The summed E-state index contributed by atoms with van der Waals surface area (Å²) in [7, 11) is 5.41. The molecule has 0 saturated heterocycles. The smallest absolute Gasteiger partial charge is 0.133 e. The summed E-state index contributed by atoms with van der Waals surface area (Å²) in [6.45, 7) is 2.50. The number of benzene rings is 1. The molecule has 102 valence electrons. The number of methoxy groups -OCH3 is 2. The monoisotopic (exact) mass is 316 g/mol. The topological polar surface area (TPSA) is 47.7 Å². The third-order valence-corrected chi connectivity index (χ3v) is 3.36. The van der Waals surface area contributed by atoms with Crippen LogP contribution < -0.4 is 15.2 Å². The summed E-state index contributed by atoms with van der Waals surface area (Å²) in [6, 6.07) is 3.94. The Morgan fingerprint density at radius 3 is 2.44 bits per heavy atom. The lowest BCUT2D eigenvalue weighted by Crippen LogP contribution is -2.21. The van der Waals surface area contributed by atoms with Crippen molar-refractivity contribution in [3.8, 4) is 11.5 Å². The van der Waals surface area contributed by atoms with Gasteiger partial charge in [-0.15, -0.1) is 0 Å². The van der Waals surface area contributed by atoms with Gasteiger partial charge in [0.15, 0.2) is 0 Å². The predicted octanol–water partition coefficient (Wildman–Crippen LogP) is 2.25. The third-order valence-electron chi connectivity index (χ3n) is 2.74. The second-order valence-electron chi connectivity index (χ2n) is 4.18. The molecule has 0 aromatic heterocycles. The van der Waals surface area contributed by atoms with Crippen molar-refractivity contribution >= 4 is 15.9 Å². The Hall–Kier alpha value is -0.780. The molecule has 0 radical (unpaired) electrons. The summed E-state index contributed by atoms with van der Waals surface area (Å²) < 4.78 is 11.6. The van der Waals surface area contributed by atoms with Crippen molar-refractivity contribution in [1.82, 2.24) is 4.90 Å². The highest BCUT2D eigenvalue weighted by Gasteiger charge is 2.11. The lowest BCUT2D eigenvalue weighted by molar-refractivity contribution is 0.313. The fourth-order valence-corrected chi connectivity index (χ4v) is 2.26. The Morgan fingerprint density at radius 1 is 1.22 bits per heavy atom. The van der Waals surface area contributed by atoms with Crippen LogP contribution in [0.3, 0.4) is 0 Å². The minimum Gasteiger partial charge on any atom is -0.496 e. The molecule has 0 saturated carbocycles. The Labute approximate surface area is 117 Å². The molecule has 0 aliphatic carbocycles. The average molecular weight is 317 g/mol. The largest absolute Gasteiger partial charge is 0.496 e. The number of rotatable bonds is 7. The standard InChI is InChI=1S/C13H21BrN2O2/c1-16(6-4-5-15)9-10-7-13(18-3)11(14)8-12(10)17-2/h7-8H,4-6,9,15H2,1-3H3. The first-order valence-electron chi connectivity index (χ1n) is 5.91. The van der Waals surface area contributed by atoms with Crippen LogP contribution in [-0.2, 0) is 6.54 Å². The molecule has 18 heavy (non-hydrogen) atoms. The highest BCUT2D eigenvalue weighted by molar-refractivity contribution is 9.10. The lowest BCUT2D eigenvalue weighted by Gasteiger charge is -2.19. The number of nitrogens with zero attached hydrogens (tertiary/aromatic N) is 1. The van der Waals surface area contributed by atoms with E-state index in [1.54, 1.807) is 14.2 Å². The van der Waals surface area contributed by atoms with Crippen LogP contribution in [0.25, 0.3) is 0 Å². The Balaban J connectivity index is 2.85. The number of hydrogen-bond donors (Lipinski definition) is 1. The molecule has 0 spiro atoms. The minimum atomic E-state index is 0.713. The summed E-state index contributed by atoms with van der Waals surface area (Å²) in [5, 5.41) is 0. The van der Waals surface area contributed by atoms with Crippen molar-refractivity contribution in [2.24, 2.45) is 5.73 Å². The van der Waals surface area contributed by atoms with Crippen LogP contribution in [0, 0.1) is 0 Å². The zero-order valence-corrected chi connectivity index (χ0v) is 12.8. The first kappa shape index (κ1) is 15.3. The van der Waals surface area contributed by atoms with Crippen LogP contribution in [0.15, 0.2) is 16.6 Å². The second-order valence-corrected chi connectivity index (χ2v) is 5.03. The van der Waals surface area contributed by atoms with Gasteiger partial charge in [-0.2, -0.15) is 0 Å². The Morgan fingerprint density at radius 2 is 1.89 bits per heavy atom. The normalized spacial score (nSPS) is 10.8. The molecule has 1 aromatic carbocycles. The molecule has 5 heteroatoms. The van der Waals surface area contributed by atoms with E-state index in [0.717, 1.165) is 41.0 Å². The lowest BCUT2D eigenvalue weighted by atomic mass is 10.1. The maximum absolute atomic E-state index is 5.51. The van der Waals surface area contributed by atoms with Gasteiger partial charge in [0.1, 0.15) is 11.5 Å². The van der Waals surface area contributed by atoms with Crippen LogP contribution in [0.5, 0.6) is 11.5 Å². The fraction of sp³-hybridized carbons (Fsp3) is 0.538. The van der Waals surface area contributed by atoms with E-state index in [-0.39, 0.29) is 0 Å². The van der Waals surface area contributed by atoms with E-state index in [9.17, 15) is 0 Å². The summed E-state index contributed by atoms with van der Waals surface area (Å²) in [4.78, 5) is 2.22. The molecule has 0 heterocycles. The van der Waals surface area contributed by atoms with Gasteiger partial charge in [-0.3, -0.25) is 0 Å². The molecule has 0 unspecified atom stereocenters. The van der Waals surface area contributed by atoms with E-state index in [1.165, 1.54) is 0 Å². The maximum Gasteiger partial charge on any atom is 0.133 e. The van der Waals surface area contributed by atoms with Crippen LogP contribution in [0.2, 0.25) is 0 Å². The van der Waals surface area contributed by atoms with Crippen molar-refractivity contribution in [1.29, 1.82) is 0 Å². The molecule has 0 aliphatic heterocycles. The van der Waals surface area contributed by atoms with Crippen LogP contribution in [0.4, 0.5) is 0 Å². The van der Waals surface area contributed by atoms with E-state index in [0.29, 0.717) is 6.54 Å². The van der Waals surface area contributed by atoms with Gasteiger partial charge in [0.2, 0.25) is 0 Å². The van der Waals surface area contributed by atoms with Crippen molar-refractivity contribution in [2.45, 2.75) is 13.0 Å². The van der Waals surface area contributed by atoms with Gasteiger partial charge < -0.3 is 20.1 Å². The van der Waals surface area contributed by atoms with E-state index >= 15 is 0 Å². The van der Waals surface area contributed by atoms with Crippen LogP contribution in [-0.4, -0.2) is 39.3 Å². The molecule has 1 aromatic rings. The molecule has 4 nitrogen and oxygen atoms in total. The molecular formula is C13H21BrN2O2. The quantitative estimate of drug-likeness (QED) is 0.838. The molecule has 0 fully saturated rings. The van der Waals surface area contributed by atoms with E-state index in [4.69, 9.17) is 15.2 Å². The van der Waals surface area contributed by atoms with Gasteiger partial charge in [0.05, 0.1) is 18.7 Å². The highest BCUT2D eigenvalue weighted by atomic mass is 79.9. The van der Waals surface area contributed by atoms with Crippen LogP contribution in [0.1, 0.15) is 12.0 Å². The van der Waals surface area contributed by atoms with Crippen molar-refractivity contribution in [3.63, 3.8) is 0 Å². The van der Waals surface area contributed by atoms with Gasteiger partial charge in [-0.05, 0) is 54.6 Å². The second kappa shape index (κ2) is 7.61. The molecule has 0 aliphatic rings. The fourth-order valence-electron chi connectivity index (χ4n) is 1.78. The number of nitrogens with two attached hydrogens (primary N) is 1. The molecule has 0 amide bonds. The van der Waals surface area contributed by atoms with Gasteiger partial charge >= 0.3 is 0 Å². The first-order valence-corrected chi connectivity index (χ1v) is 6.70. The average Bonchev–Trinajstić information content (AvgIpc) is 2.37. The Kier molecular flexibility index (Phi) is 6.46. The van der Waals surface area contributed by atoms with Gasteiger partial charge in [0, 0.05) is 12.1 Å².